The van der Waals surface area contributed by atoms with Gasteiger partial charge in [0, 0.05) is 11.8 Å². The Bertz CT molecular complexity index is 613. The fraction of sp³-hybridized carbons (Fsp3) is 0.0833. The molecule has 1 N–H and O–H groups in total. The molecule has 94 valence electrons. The molecule has 0 amide bonds. The molecule has 1 aromatic carbocycles. The van der Waals surface area contributed by atoms with Gasteiger partial charge in [-0.05, 0) is 23.8 Å². The maximum absolute atomic E-state index is 12.8. The first-order valence-electron chi connectivity index (χ1n) is 4.94. The number of aromatic amines is 1. The molecule has 2 aromatic rings. The molecule has 1 heterocycles. The SMILES string of the molecule is Fc1ccc(-c2cc(C(F)(F)F)c[nH]c2=S)cc1. The van der Waals surface area contributed by atoms with Crippen LogP contribution < -0.4 is 0 Å². The highest BCUT2D eigenvalue weighted by Gasteiger charge is 2.31. The van der Waals surface area contributed by atoms with Crippen molar-refractivity contribution in [3.05, 3.63) is 52.5 Å². The van der Waals surface area contributed by atoms with E-state index in [1.807, 2.05) is 0 Å². The van der Waals surface area contributed by atoms with E-state index in [-0.39, 0.29) is 10.2 Å². The second kappa shape index (κ2) is 4.53. The molecule has 6 heteroatoms. The molecule has 18 heavy (non-hydrogen) atoms. The zero-order chi connectivity index (χ0) is 13.3. The highest BCUT2D eigenvalue weighted by atomic mass is 32.1. The molecule has 0 aliphatic carbocycles. The van der Waals surface area contributed by atoms with E-state index in [9.17, 15) is 17.6 Å². The van der Waals surface area contributed by atoms with Gasteiger partial charge in [0.05, 0.1) is 5.56 Å². The fourth-order valence-corrected chi connectivity index (χ4v) is 1.73. The number of hydrogen-bond acceptors (Lipinski definition) is 1. The van der Waals surface area contributed by atoms with Crippen molar-refractivity contribution in [3.8, 4) is 11.1 Å². The Kier molecular flexibility index (Phi) is 3.21. The van der Waals surface area contributed by atoms with E-state index in [0.717, 1.165) is 12.3 Å². The van der Waals surface area contributed by atoms with E-state index in [2.05, 4.69) is 4.98 Å². The smallest absolute Gasteiger partial charge is 0.352 e. The van der Waals surface area contributed by atoms with Crippen LogP contribution in [0.15, 0.2) is 36.5 Å². The molecule has 1 aromatic heterocycles. The lowest BCUT2D eigenvalue weighted by atomic mass is 10.1. The van der Waals surface area contributed by atoms with Crippen molar-refractivity contribution in [3.63, 3.8) is 0 Å². The maximum Gasteiger partial charge on any atom is 0.417 e. The van der Waals surface area contributed by atoms with Gasteiger partial charge in [0.2, 0.25) is 0 Å². The summed E-state index contributed by atoms with van der Waals surface area (Å²) in [6, 6.07) is 6.06. The zero-order valence-corrected chi connectivity index (χ0v) is 9.70. The van der Waals surface area contributed by atoms with Gasteiger partial charge in [-0.1, -0.05) is 24.4 Å². The number of H-pyrrole nitrogens is 1. The molecule has 0 aliphatic rings. The molecule has 0 spiro atoms. The Morgan fingerprint density at radius 1 is 1.06 bits per heavy atom. The summed E-state index contributed by atoms with van der Waals surface area (Å²) in [5.41, 5.74) is -0.168. The predicted octanol–water partition coefficient (Wildman–Crippen LogP) is 4.57. The van der Waals surface area contributed by atoms with Gasteiger partial charge in [-0.2, -0.15) is 13.2 Å². The van der Waals surface area contributed by atoms with Gasteiger partial charge in [-0.15, -0.1) is 0 Å². The van der Waals surface area contributed by atoms with Crippen molar-refractivity contribution in [2.45, 2.75) is 6.18 Å². The Morgan fingerprint density at radius 2 is 1.67 bits per heavy atom. The quantitative estimate of drug-likeness (QED) is 0.594. The summed E-state index contributed by atoms with van der Waals surface area (Å²) in [7, 11) is 0. The highest BCUT2D eigenvalue weighted by molar-refractivity contribution is 7.71. The van der Waals surface area contributed by atoms with Crippen LogP contribution in [0.3, 0.4) is 0 Å². The average Bonchev–Trinajstić information content (AvgIpc) is 2.29. The third-order valence-corrected chi connectivity index (χ3v) is 2.72. The third-order valence-electron chi connectivity index (χ3n) is 2.39. The minimum atomic E-state index is -4.45. The summed E-state index contributed by atoms with van der Waals surface area (Å²) in [4.78, 5) is 2.39. The first-order chi connectivity index (χ1) is 8.38. The van der Waals surface area contributed by atoms with Gasteiger partial charge in [0.25, 0.3) is 0 Å². The topological polar surface area (TPSA) is 15.8 Å². The summed E-state index contributed by atoms with van der Waals surface area (Å²) >= 11 is 4.93. The van der Waals surface area contributed by atoms with Crippen LogP contribution >= 0.6 is 12.2 Å². The Labute approximate surface area is 105 Å². The van der Waals surface area contributed by atoms with Gasteiger partial charge in [-0.3, -0.25) is 0 Å². The second-order valence-corrected chi connectivity index (χ2v) is 4.04. The minimum Gasteiger partial charge on any atom is -0.352 e. The number of pyridine rings is 1. The number of halogens is 4. The summed E-state index contributed by atoms with van der Waals surface area (Å²) in [6.45, 7) is 0. The van der Waals surface area contributed by atoms with Crippen LogP contribution in [0.1, 0.15) is 5.56 Å². The molecule has 0 atom stereocenters. The molecular formula is C12H7F4NS. The molecule has 0 saturated heterocycles. The van der Waals surface area contributed by atoms with Crippen molar-refractivity contribution in [2.75, 3.05) is 0 Å². The molecule has 0 aliphatic heterocycles. The molecule has 0 saturated carbocycles. The Balaban J connectivity index is 2.57. The van der Waals surface area contributed by atoms with Crippen LogP contribution in [0.25, 0.3) is 11.1 Å². The Hall–Kier alpha value is -1.69. The van der Waals surface area contributed by atoms with Crippen LogP contribution in [0.5, 0.6) is 0 Å². The van der Waals surface area contributed by atoms with Crippen molar-refractivity contribution in [1.29, 1.82) is 0 Å². The minimum absolute atomic E-state index is 0.176. The van der Waals surface area contributed by atoms with E-state index in [1.165, 1.54) is 24.3 Å². The summed E-state index contributed by atoms with van der Waals surface area (Å²) in [5.74, 6) is -0.458. The number of benzene rings is 1. The average molecular weight is 273 g/mol. The lowest BCUT2D eigenvalue weighted by molar-refractivity contribution is -0.137. The largest absolute Gasteiger partial charge is 0.417 e. The van der Waals surface area contributed by atoms with Crippen LogP contribution in [-0.4, -0.2) is 4.98 Å². The van der Waals surface area contributed by atoms with E-state index in [4.69, 9.17) is 12.2 Å². The normalized spacial score (nSPS) is 11.6. The number of alkyl halides is 3. The molecule has 0 bridgehead atoms. The van der Waals surface area contributed by atoms with E-state index in [1.54, 1.807) is 0 Å². The fourth-order valence-electron chi connectivity index (χ4n) is 1.49. The Morgan fingerprint density at radius 3 is 2.22 bits per heavy atom. The van der Waals surface area contributed by atoms with Crippen LogP contribution in [0, 0.1) is 10.5 Å². The van der Waals surface area contributed by atoms with Gasteiger partial charge < -0.3 is 4.98 Å². The lowest BCUT2D eigenvalue weighted by Crippen LogP contribution is -2.05. The third kappa shape index (κ3) is 2.59. The molecule has 1 nitrogen and oxygen atoms in total. The van der Waals surface area contributed by atoms with Crippen molar-refractivity contribution in [2.24, 2.45) is 0 Å². The number of rotatable bonds is 1. The zero-order valence-electron chi connectivity index (χ0n) is 8.88. The monoisotopic (exact) mass is 273 g/mol. The molecule has 0 fully saturated rings. The van der Waals surface area contributed by atoms with Gasteiger partial charge in [0.1, 0.15) is 10.5 Å². The number of nitrogens with one attached hydrogen (secondary N) is 1. The van der Waals surface area contributed by atoms with Crippen molar-refractivity contribution >= 4 is 12.2 Å². The van der Waals surface area contributed by atoms with E-state index >= 15 is 0 Å². The van der Waals surface area contributed by atoms with Crippen LogP contribution in [-0.2, 0) is 6.18 Å². The first kappa shape index (κ1) is 12.8. The molecular weight excluding hydrogens is 266 g/mol. The predicted molar refractivity (Wildman–Crippen MR) is 62.0 cm³/mol. The summed E-state index contributed by atoms with van der Waals surface area (Å²) < 4.78 is 50.6. The van der Waals surface area contributed by atoms with Gasteiger partial charge in [-0.25, -0.2) is 4.39 Å². The lowest BCUT2D eigenvalue weighted by Gasteiger charge is -2.09. The van der Waals surface area contributed by atoms with Crippen molar-refractivity contribution in [1.82, 2.24) is 4.98 Å². The van der Waals surface area contributed by atoms with Crippen LogP contribution in [0.2, 0.25) is 0 Å². The molecule has 0 unspecified atom stereocenters. The highest BCUT2D eigenvalue weighted by Crippen LogP contribution is 2.31. The maximum atomic E-state index is 12.8. The summed E-state index contributed by atoms with van der Waals surface area (Å²) in [5, 5.41) is 0. The molecule has 0 radical (unpaired) electrons. The second-order valence-electron chi connectivity index (χ2n) is 3.64. The van der Waals surface area contributed by atoms with Gasteiger partial charge >= 0.3 is 6.18 Å². The van der Waals surface area contributed by atoms with Gasteiger partial charge in [0.15, 0.2) is 0 Å². The standard InChI is InChI=1S/C12H7F4NS/c13-9-3-1-7(2-4-9)10-5-8(12(14,15)16)6-17-11(10)18/h1-6H,(H,17,18). The number of hydrogen-bond donors (Lipinski definition) is 1. The first-order valence-corrected chi connectivity index (χ1v) is 5.34. The molecule has 2 rings (SSSR count). The van der Waals surface area contributed by atoms with E-state index < -0.39 is 17.6 Å². The van der Waals surface area contributed by atoms with Crippen LogP contribution in [0.4, 0.5) is 17.6 Å². The summed E-state index contributed by atoms with van der Waals surface area (Å²) in [6.07, 6.45) is -3.64. The van der Waals surface area contributed by atoms with E-state index in [0.29, 0.717) is 5.56 Å². The van der Waals surface area contributed by atoms with Crippen molar-refractivity contribution < 1.29 is 17.6 Å². The number of aromatic nitrogens is 1.